The Labute approximate surface area is 115 Å². The zero-order valence-electron chi connectivity index (χ0n) is 10.3. The number of nitrogens with zero attached hydrogens (tertiary/aromatic N) is 2. The van der Waals surface area contributed by atoms with Gasteiger partial charge in [0.2, 0.25) is 0 Å². The van der Waals surface area contributed by atoms with Gasteiger partial charge in [-0.25, -0.2) is 9.48 Å². The lowest BCUT2D eigenvalue weighted by Gasteiger charge is -2.05. The molecule has 19 heavy (non-hydrogen) atoms. The van der Waals surface area contributed by atoms with Gasteiger partial charge in [-0.15, -0.1) is 0 Å². The minimum Gasteiger partial charge on any atom is -0.462 e. The molecule has 0 aliphatic heterocycles. The summed E-state index contributed by atoms with van der Waals surface area (Å²) in [6.45, 7) is 1.95. The van der Waals surface area contributed by atoms with Crippen molar-refractivity contribution < 1.29 is 14.6 Å². The monoisotopic (exact) mass is 280 g/mol. The van der Waals surface area contributed by atoms with E-state index < -0.39 is 5.97 Å². The molecule has 0 aliphatic rings. The Morgan fingerprint density at radius 3 is 2.95 bits per heavy atom. The highest BCUT2D eigenvalue weighted by molar-refractivity contribution is 6.31. The van der Waals surface area contributed by atoms with E-state index in [0.29, 0.717) is 28.4 Å². The van der Waals surface area contributed by atoms with Crippen molar-refractivity contribution in [2.24, 2.45) is 0 Å². The summed E-state index contributed by atoms with van der Waals surface area (Å²) < 4.78 is 6.41. The van der Waals surface area contributed by atoms with Gasteiger partial charge in [-0.2, -0.15) is 5.10 Å². The third-order valence-corrected chi connectivity index (χ3v) is 2.92. The Morgan fingerprint density at radius 1 is 1.53 bits per heavy atom. The second-order valence-electron chi connectivity index (χ2n) is 3.83. The normalized spacial score (nSPS) is 10.5. The minimum absolute atomic E-state index is 0.119. The number of aromatic nitrogens is 2. The minimum atomic E-state index is -0.410. The Balaban J connectivity index is 2.27. The Bertz CT molecular complexity index is 595. The van der Waals surface area contributed by atoms with E-state index in [0.717, 1.165) is 0 Å². The van der Waals surface area contributed by atoms with Gasteiger partial charge in [0.05, 0.1) is 30.7 Å². The van der Waals surface area contributed by atoms with Crippen LogP contribution in [0.4, 0.5) is 0 Å². The van der Waals surface area contributed by atoms with Crippen molar-refractivity contribution in [2.75, 3.05) is 6.61 Å². The summed E-state index contributed by atoms with van der Waals surface area (Å²) in [7, 11) is 0. The molecule has 100 valence electrons. The average Bonchev–Trinajstić information content (AvgIpc) is 2.88. The van der Waals surface area contributed by atoms with E-state index in [1.54, 1.807) is 31.3 Å². The van der Waals surface area contributed by atoms with E-state index in [1.807, 2.05) is 0 Å². The molecule has 0 bridgehead atoms. The number of hydrogen-bond donors (Lipinski definition) is 1. The second kappa shape index (κ2) is 5.86. The average molecular weight is 281 g/mol. The van der Waals surface area contributed by atoms with Crippen molar-refractivity contribution in [3.05, 3.63) is 46.7 Å². The van der Waals surface area contributed by atoms with Gasteiger partial charge in [-0.3, -0.25) is 0 Å². The molecule has 0 spiro atoms. The van der Waals surface area contributed by atoms with Crippen LogP contribution in [0.2, 0.25) is 5.02 Å². The largest absolute Gasteiger partial charge is 0.462 e. The number of esters is 1. The predicted octanol–water partition coefficient (Wildman–Crippen LogP) is 2.19. The summed E-state index contributed by atoms with van der Waals surface area (Å²) in [5, 5.41) is 13.6. The quantitative estimate of drug-likeness (QED) is 0.872. The highest BCUT2D eigenvalue weighted by Gasteiger charge is 2.10. The van der Waals surface area contributed by atoms with Crippen LogP contribution < -0.4 is 0 Å². The number of hydrogen-bond acceptors (Lipinski definition) is 4. The molecule has 5 nitrogen and oxygen atoms in total. The molecule has 0 atom stereocenters. The maximum atomic E-state index is 11.5. The first-order chi connectivity index (χ1) is 9.15. The van der Waals surface area contributed by atoms with Gasteiger partial charge in [-0.05, 0) is 24.6 Å². The van der Waals surface area contributed by atoms with E-state index in [-0.39, 0.29) is 6.61 Å². The van der Waals surface area contributed by atoms with Gasteiger partial charge in [0.1, 0.15) is 0 Å². The molecule has 0 aliphatic carbocycles. The third-order valence-electron chi connectivity index (χ3n) is 2.57. The first kappa shape index (κ1) is 13.6. The van der Waals surface area contributed by atoms with E-state index in [4.69, 9.17) is 21.4 Å². The molecule has 2 rings (SSSR count). The number of ether oxygens (including phenoxy) is 1. The third kappa shape index (κ3) is 2.94. The van der Waals surface area contributed by atoms with Gasteiger partial charge in [0.15, 0.2) is 0 Å². The van der Waals surface area contributed by atoms with Crippen LogP contribution in [-0.2, 0) is 11.3 Å². The van der Waals surface area contributed by atoms with Gasteiger partial charge >= 0.3 is 5.97 Å². The summed E-state index contributed by atoms with van der Waals surface area (Å²) in [6.07, 6.45) is 3.01. The van der Waals surface area contributed by atoms with Crippen molar-refractivity contribution in [1.29, 1.82) is 0 Å². The van der Waals surface area contributed by atoms with Crippen LogP contribution in [0.3, 0.4) is 0 Å². The molecular weight excluding hydrogens is 268 g/mol. The molecule has 0 saturated heterocycles. The van der Waals surface area contributed by atoms with Crippen LogP contribution in [-0.4, -0.2) is 27.5 Å². The molecule has 1 heterocycles. The Morgan fingerprint density at radius 2 is 2.32 bits per heavy atom. The highest BCUT2D eigenvalue weighted by atomic mass is 35.5. The fraction of sp³-hybridized carbons (Fsp3) is 0.231. The van der Waals surface area contributed by atoms with Crippen LogP contribution in [0.5, 0.6) is 0 Å². The van der Waals surface area contributed by atoms with Gasteiger partial charge in [0, 0.05) is 11.2 Å². The van der Waals surface area contributed by atoms with E-state index in [2.05, 4.69) is 5.10 Å². The van der Waals surface area contributed by atoms with Gasteiger partial charge in [0.25, 0.3) is 0 Å². The summed E-state index contributed by atoms with van der Waals surface area (Å²) in [6, 6.07) is 5.15. The molecular formula is C13H13ClN2O3. The summed E-state index contributed by atoms with van der Waals surface area (Å²) in [4.78, 5) is 11.5. The number of aliphatic hydroxyl groups excluding tert-OH is 1. The lowest BCUT2D eigenvalue weighted by molar-refractivity contribution is 0.0526. The fourth-order valence-corrected chi connectivity index (χ4v) is 1.83. The van der Waals surface area contributed by atoms with Crippen molar-refractivity contribution in [2.45, 2.75) is 13.5 Å². The summed E-state index contributed by atoms with van der Waals surface area (Å²) in [5.74, 6) is -0.410. The van der Waals surface area contributed by atoms with E-state index in [9.17, 15) is 4.79 Å². The number of rotatable bonds is 4. The maximum absolute atomic E-state index is 11.5. The van der Waals surface area contributed by atoms with Crippen LogP contribution >= 0.6 is 11.6 Å². The Kier molecular flexibility index (Phi) is 4.19. The molecule has 0 fully saturated rings. The van der Waals surface area contributed by atoms with Gasteiger partial charge in [-0.1, -0.05) is 17.7 Å². The van der Waals surface area contributed by atoms with Crippen LogP contribution in [0.25, 0.3) is 5.69 Å². The van der Waals surface area contributed by atoms with Crippen LogP contribution in [0, 0.1) is 0 Å². The lowest BCUT2D eigenvalue weighted by atomic mass is 10.2. The topological polar surface area (TPSA) is 64.3 Å². The van der Waals surface area contributed by atoms with Crippen molar-refractivity contribution >= 4 is 17.6 Å². The highest BCUT2D eigenvalue weighted by Crippen LogP contribution is 2.20. The number of benzene rings is 1. The van der Waals surface area contributed by atoms with Crippen LogP contribution in [0.15, 0.2) is 30.6 Å². The van der Waals surface area contributed by atoms with E-state index >= 15 is 0 Å². The van der Waals surface area contributed by atoms with Crippen molar-refractivity contribution in [1.82, 2.24) is 9.78 Å². The Hall–Kier alpha value is -1.85. The fourth-order valence-electron chi connectivity index (χ4n) is 1.59. The molecule has 0 unspecified atom stereocenters. The number of carbonyl (C=O) groups is 1. The van der Waals surface area contributed by atoms with E-state index in [1.165, 1.54) is 10.9 Å². The smallest absolute Gasteiger partial charge is 0.341 e. The van der Waals surface area contributed by atoms with Crippen molar-refractivity contribution in [3.63, 3.8) is 0 Å². The van der Waals surface area contributed by atoms with Crippen molar-refractivity contribution in [3.8, 4) is 5.69 Å². The molecule has 2 aromatic rings. The molecule has 1 N–H and O–H groups in total. The molecule has 0 amide bonds. The zero-order chi connectivity index (χ0) is 13.8. The number of aliphatic hydroxyl groups is 1. The molecule has 1 aromatic carbocycles. The predicted molar refractivity (Wildman–Crippen MR) is 70.5 cm³/mol. The molecule has 0 saturated carbocycles. The lowest BCUT2D eigenvalue weighted by Crippen LogP contribution is -2.03. The zero-order valence-corrected chi connectivity index (χ0v) is 11.1. The molecule has 0 radical (unpaired) electrons. The number of halogens is 1. The standard InChI is InChI=1S/C13H13ClN2O3/c1-2-19-13(18)10-6-15-16(7-10)11-4-3-9(8-17)12(14)5-11/h3-7,17H,2,8H2,1H3. The second-order valence-corrected chi connectivity index (χ2v) is 4.24. The van der Waals surface area contributed by atoms with Gasteiger partial charge < -0.3 is 9.84 Å². The molecule has 6 heteroatoms. The summed E-state index contributed by atoms with van der Waals surface area (Å²) in [5.41, 5.74) is 1.73. The van der Waals surface area contributed by atoms with Crippen LogP contribution in [0.1, 0.15) is 22.8 Å². The number of carbonyl (C=O) groups excluding carboxylic acids is 1. The first-order valence-electron chi connectivity index (χ1n) is 5.77. The first-order valence-corrected chi connectivity index (χ1v) is 6.15. The molecule has 1 aromatic heterocycles. The maximum Gasteiger partial charge on any atom is 0.341 e. The SMILES string of the molecule is CCOC(=O)c1cnn(-c2ccc(CO)c(Cl)c2)c1. The summed E-state index contributed by atoms with van der Waals surface area (Å²) >= 11 is 6.01.